The zero-order valence-corrected chi connectivity index (χ0v) is 13.2. The van der Waals surface area contributed by atoms with Gasteiger partial charge in [-0.25, -0.2) is 0 Å². The largest absolute Gasteiger partial charge is 0.490 e. The van der Waals surface area contributed by atoms with E-state index >= 15 is 0 Å². The molecule has 0 bridgehead atoms. The lowest BCUT2D eigenvalue weighted by Crippen LogP contribution is -2.21. The molecule has 0 saturated heterocycles. The van der Waals surface area contributed by atoms with Crippen LogP contribution in [0, 0.1) is 0 Å². The van der Waals surface area contributed by atoms with Gasteiger partial charge in [0.15, 0.2) is 11.5 Å². The number of benzene rings is 1. The summed E-state index contributed by atoms with van der Waals surface area (Å²) in [4.78, 5) is 0. The van der Waals surface area contributed by atoms with Crippen molar-refractivity contribution in [3.05, 3.63) is 34.8 Å². The van der Waals surface area contributed by atoms with Gasteiger partial charge >= 0.3 is 0 Å². The number of hydrogen-bond donors (Lipinski definition) is 1. The first-order valence-electron chi connectivity index (χ1n) is 6.56. The molecule has 0 heterocycles. The molecule has 1 atom stereocenters. The van der Waals surface area contributed by atoms with Gasteiger partial charge in [-0.1, -0.05) is 19.6 Å². The average Bonchev–Trinajstić information content (AvgIpc) is 2.38. The Bertz CT molecular complexity index is 421. The summed E-state index contributed by atoms with van der Waals surface area (Å²) in [5.74, 6) is 1.47. The van der Waals surface area contributed by atoms with E-state index in [1.54, 1.807) is 6.08 Å². The summed E-state index contributed by atoms with van der Waals surface area (Å²) >= 11 is 3.53. The minimum atomic E-state index is 0.168. The molecule has 0 aromatic heterocycles. The second-order valence-electron chi connectivity index (χ2n) is 4.31. The van der Waals surface area contributed by atoms with E-state index in [-0.39, 0.29) is 6.04 Å². The quantitative estimate of drug-likeness (QED) is 0.740. The van der Waals surface area contributed by atoms with Crippen LogP contribution in [0.15, 0.2) is 29.3 Å². The molecule has 1 unspecified atom stereocenters. The highest BCUT2D eigenvalue weighted by Crippen LogP contribution is 2.37. The lowest BCUT2D eigenvalue weighted by Gasteiger charge is -2.16. The predicted octanol–water partition coefficient (Wildman–Crippen LogP) is 3.69. The highest BCUT2D eigenvalue weighted by atomic mass is 79.9. The fourth-order valence-electron chi connectivity index (χ4n) is 1.73. The van der Waals surface area contributed by atoms with Gasteiger partial charge in [0.1, 0.15) is 6.61 Å². The van der Waals surface area contributed by atoms with Crippen molar-refractivity contribution in [1.82, 2.24) is 0 Å². The van der Waals surface area contributed by atoms with Crippen LogP contribution in [0.4, 0.5) is 0 Å². The van der Waals surface area contributed by atoms with Gasteiger partial charge in [0.2, 0.25) is 0 Å². The molecule has 3 nitrogen and oxygen atoms in total. The monoisotopic (exact) mass is 327 g/mol. The maximum Gasteiger partial charge on any atom is 0.175 e. The van der Waals surface area contributed by atoms with E-state index in [0.717, 1.165) is 34.4 Å². The van der Waals surface area contributed by atoms with Crippen LogP contribution in [0.1, 0.15) is 25.8 Å². The zero-order valence-electron chi connectivity index (χ0n) is 11.6. The van der Waals surface area contributed by atoms with Crippen molar-refractivity contribution in [3.8, 4) is 11.5 Å². The van der Waals surface area contributed by atoms with Crippen molar-refractivity contribution in [2.24, 2.45) is 5.73 Å². The first-order chi connectivity index (χ1) is 9.12. The van der Waals surface area contributed by atoms with Crippen LogP contribution in [0.3, 0.4) is 0 Å². The normalized spacial score (nSPS) is 12.0. The predicted molar refractivity (Wildman–Crippen MR) is 83.0 cm³/mol. The molecular weight excluding hydrogens is 306 g/mol. The molecule has 0 aliphatic heterocycles. The SMILES string of the molecule is C=CCOc1c(Br)cc(CC(N)CC)cc1OCC. The van der Waals surface area contributed by atoms with E-state index in [9.17, 15) is 0 Å². The molecule has 0 amide bonds. The molecule has 0 aliphatic carbocycles. The fraction of sp³-hybridized carbons (Fsp3) is 0.467. The first-order valence-corrected chi connectivity index (χ1v) is 7.36. The Labute approximate surface area is 123 Å². The second kappa shape index (κ2) is 8.23. The molecular formula is C15H22BrNO2. The molecule has 0 fully saturated rings. The summed E-state index contributed by atoms with van der Waals surface area (Å²) in [6, 6.07) is 4.21. The molecule has 0 saturated carbocycles. The van der Waals surface area contributed by atoms with Crippen molar-refractivity contribution in [3.63, 3.8) is 0 Å². The van der Waals surface area contributed by atoms with Crippen LogP contribution in [-0.2, 0) is 6.42 Å². The van der Waals surface area contributed by atoms with Gasteiger partial charge in [-0.05, 0) is 53.4 Å². The minimum Gasteiger partial charge on any atom is -0.490 e. The molecule has 1 rings (SSSR count). The third kappa shape index (κ3) is 4.88. The van der Waals surface area contributed by atoms with Gasteiger partial charge < -0.3 is 15.2 Å². The number of nitrogens with two attached hydrogens (primary N) is 1. The third-order valence-electron chi connectivity index (χ3n) is 2.74. The lowest BCUT2D eigenvalue weighted by atomic mass is 10.0. The molecule has 4 heteroatoms. The van der Waals surface area contributed by atoms with E-state index in [2.05, 4.69) is 29.4 Å². The van der Waals surface area contributed by atoms with Crippen LogP contribution >= 0.6 is 15.9 Å². The Balaban J connectivity index is 3.01. The van der Waals surface area contributed by atoms with Gasteiger partial charge in [-0.3, -0.25) is 0 Å². The molecule has 1 aromatic carbocycles. The first kappa shape index (κ1) is 16.1. The Morgan fingerprint density at radius 2 is 2.11 bits per heavy atom. The van der Waals surface area contributed by atoms with Crippen molar-refractivity contribution >= 4 is 15.9 Å². The van der Waals surface area contributed by atoms with Crippen LogP contribution in [0.5, 0.6) is 11.5 Å². The van der Waals surface area contributed by atoms with Gasteiger partial charge in [0, 0.05) is 6.04 Å². The van der Waals surface area contributed by atoms with Gasteiger partial charge in [0.25, 0.3) is 0 Å². The molecule has 19 heavy (non-hydrogen) atoms. The summed E-state index contributed by atoms with van der Waals surface area (Å²) in [5, 5.41) is 0. The molecule has 0 spiro atoms. The summed E-state index contributed by atoms with van der Waals surface area (Å²) in [6.45, 7) is 8.74. The van der Waals surface area contributed by atoms with E-state index in [1.807, 2.05) is 19.1 Å². The number of ether oxygens (including phenoxy) is 2. The van der Waals surface area contributed by atoms with E-state index < -0.39 is 0 Å². The van der Waals surface area contributed by atoms with E-state index in [4.69, 9.17) is 15.2 Å². The highest BCUT2D eigenvalue weighted by Gasteiger charge is 2.13. The molecule has 106 valence electrons. The fourth-order valence-corrected chi connectivity index (χ4v) is 2.34. The van der Waals surface area contributed by atoms with Crippen LogP contribution in [0.2, 0.25) is 0 Å². The Kier molecular flexibility index (Phi) is 6.95. The van der Waals surface area contributed by atoms with Crippen LogP contribution < -0.4 is 15.2 Å². The van der Waals surface area contributed by atoms with Crippen molar-refractivity contribution in [2.75, 3.05) is 13.2 Å². The summed E-state index contributed by atoms with van der Waals surface area (Å²) in [5.41, 5.74) is 7.15. The molecule has 1 aromatic rings. The highest BCUT2D eigenvalue weighted by molar-refractivity contribution is 9.10. The number of hydrogen-bond acceptors (Lipinski definition) is 3. The minimum absolute atomic E-state index is 0.168. The average molecular weight is 328 g/mol. The zero-order chi connectivity index (χ0) is 14.3. The Hall–Kier alpha value is -1.00. The van der Waals surface area contributed by atoms with E-state index in [0.29, 0.717) is 13.2 Å². The Morgan fingerprint density at radius 3 is 2.68 bits per heavy atom. The molecule has 2 N–H and O–H groups in total. The standard InChI is InChI=1S/C15H22BrNO2/c1-4-7-19-15-13(16)9-11(8-12(17)5-2)10-14(15)18-6-3/h4,9-10,12H,1,5-8,17H2,2-3H3. The summed E-state index contributed by atoms with van der Waals surface area (Å²) < 4.78 is 12.2. The molecule has 0 radical (unpaired) electrons. The second-order valence-corrected chi connectivity index (χ2v) is 5.16. The number of rotatable bonds is 8. The topological polar surface area (TPSA) is 44.5 Å². The summed E-state index contributed by atoms with van der Waals surface area (Å²) in [7, 11) is 0. The van der Waals surface area contributed by atoms with Crippen LogP contribution in [-0.4, -0.2) is 19.3 Å². The van der Waals surface area contributed by atoms with Gasteiger partial charge in [-0.15, -0.1) is 0 Å². The lowest BCUT2D eigenvalue weighted by molar-refractivity contribution is 0.295. The summed E-state index contributed by atoms with van der Waals surface area (Å²) in [6.07, 6.45) is 3.50. The smallest absolute Gasteiger partial charge is 0.175 e. The molecule has 0 aliphatic rings. The van der Waals surface area contributed by atoms with Gasteiger partial charge in [0.05, 0.1) is 11.1 Å². The maximum absolute atomic E-state index is 6.00. The van der Waals surface area contributed by atoms with Gasteiger partial charge in [-0.2, -0.15) is 0 Å². The van der Waals surface area contributed by atoms with E-state index in [1.165, 1.54) is 0 Å². The van der Waals surface area contributed by atoms with Crippen molar-refractivity contribution < 1.29 is 9.47 Å². The van der Waals surface area contributed by atoms with Crippen molar-refractivity contribution in [2.45, 2.75) is 32.7 Å². The van der Waals surface area contributed by atoms with Crippen molar-refractivity contribution in [1.29, 1.82) is 0 Å². The Morgan fingerprint density at radius 1 is 1.37 bits per heavy atom. The third-order valence-corrected chi connectivity index (χ3v) is 3.33. The van der Waals surface area contributed by atoms with Crippen LogP contribution in [0.25, 0.3) is 0 Å². The maximum atomic E-state index is 6.00. The number of halogens is 1.